The Morgan fingerprint density at radius 1 is 0.960 bits per heavy atom. The average Bonchev–Trinajstić information content (AvgIpc) is 3.03. The number of nitrogens with zero attached hydrogens (tertiary/aromatic N) is 1. The van der Waals surface area contributed by atoms with Gasteiger partial charge < -0.3 is 14.4 Å². The van der Waals surface area contributed by atoms with Gasteiger partial charge in [0.2, 0.25) is 0 Å². The zero-order valence-electron chi connectivity index (χ0n) is 14.9. The minimum atomic E-state index is -0.934. The predicted molar refractivity (Wildman–Crippen MR) is 99.3 cm³/mol. The van der Waals surface area contributed by atoms with E-state index in [0.29, 0.717) is 12.2 Å². The van der Waals surface area contributed by atoms with Crippen molar-refractivity contribution < 1.29 is 9.52 Å². The normalized spacial score (nSPS) is 26.3. The Balaban J connectivity index is 1.47. The van der Waals surface area contributed by atoms with E-state index in [1.807, 2.05) is 30.3 Å². The topological polar surface area (TPSA) is 36.6 Å². The summed E-state index contributed by atoms with van der Waals surface area (Å²) in [5.41, 5.74) is 0.216. The van der Waals surface area contributed by atoms with Gasteiger partial charge in [-0.15, -0.1) is 0 Å². The van der Waals surface area contributed by atoms with Gasteiger partial charge in [-0.25, -0.2) is 0 Å². The summed E-state index contributed by atoms with van der Waals surface area (Å²) >= 11 is 0. The van der Waals surface area contributed by atoms with E-state index >= 15 is 0 Å². The third-order valence-corrected chi connectivity index (χ3v) is 6.16. The number of rotatable bonds is 6. The number of hydrogen-bond donors (Lipinski definition) is 1. The lowest BCUT2D eigenvalue weighted by atomic mass is 9.84. The van der Waals surface area contributed by atoms with E-state index in [1.54, 1.807) is 6.26 Å². The largest absolute Gasteiger partial charge is 0.466 e. The van der Waals surface area contributed by atoms with Gasteiger partial charge >= 0.3 is 0 Å². The molecule has 3 fully saturated rings. The van der Waals surface area contributed by atoms with E-state index in [-0.39, 0.29) is 0 Å². The Bertz CT molecular complexity index is 632. The number of fused-ring (bicyclic) bond motifs is 4. The molecule has 1 atom stereocenters. The Morgan fingerprint density at radius 2 is 1.64 bits per heavy atom. The smallest absolute Gasteiger partial charge is 0.135 e. The van der Waals surface area contributed by atoms with Crippen molar-refractivity contribution in [2.45, 2.75) is 44.1 Å². The molecule has 1 saturated carbocycles. The summed E-state index contributed by atoms with van der Waals surface area (Å²) in [4.78, 5) is 2.59. The van der Waals surface area contributed by atoms with Crippen LogP contribution in [0.1, 0.15) is 43.4 Å². The van der Waals surface area contributed by atoms with Gasteiger partial charge in [-0.2, -0.15) is 0 Å². The molecule has 3 nitrogen and oxygen atoms in total. The van der Waals surface area contributed by atoms with E-state index in [9.17, 15) is 5.11 Å². The summed E-state index contributed by atoms with van der Waals surface area (Å²) in [6, 6.07) is 14.0. The molecule has 1 aromatic carbocycles. The summed E-state index contributed by atoms with van der Waals surface area (Å²) in [5, 5.41) is 11.5. The van der Waals surface area contributed by atoms with Gasteiger partial charge in [0.05, 0.1) is 6.26 Å². The Labute approximate surface area is 150 Å². The molecule has 0 radical (unpaired) electrons. The Hall–Kier alpha value is -1.58. The summed E-state index contributed by atoms with van der Waals surface area (Å²) in [6.45, 7) is 3.35. The Morgan fingerprint density at radius 3 is 2.24 bits per heavy atom. The van der Waals surface area contributed by atoms with Crippen molar-refractivity contribution in [2.24, 2.45) is 11.8 Å². The van der Waals surface area contributed by atoms with Gasteiger partial charge in [-0.05, 0) is 61.6 Å². The van der Waals surface area contributed by atoms with Crippen LogP contribution in [0, 0.1) is 11.8 Å². The molecular weight excluding hydrogens is 310 g/mol. The fourth-order valence-corrected chi connectivity index (χ4v) is 4.70. The van der Waals surface area contributed by atoms with Crippen LogP contribution < -0.4 is 0 Å². The molecule has 2 saturated heterocycles. The second-order valence-corrected chi connectivity index (χ2v) is 8.07. The molecule has 1 aromatic heterocycles. The molecule has 1 N–H and O–H groups in total. The second kappa shape index (κ2) is 7.35. The third kappa shape index (κ3) is 3.99. The van der Waals surface area contributed by atoms with Gasteiger partial charge in [-0.1, -0.05) is 30.3 Å². The molecule has 3 heterocycles. The number of benzene rings is 1. The molecule has 2 bridgehead atoms. The molecule has 0 unspecified atom stereocenters. The minimum absolute atomic E-state index is 0.599. The van der Waals surface area contributed by atoms with Gasteiger partial charge in [0.1, 0.15) is 11.4 Å². The zero-order chi connectivity index (χ0) is 17.1. The highest BCUT2D eigenvalue weighted by atomic mass is 16.4. The quantitative estimate of drug-likeness (QED) is 0.856. The molecule has 3 heteroatoms. The molecule has 2 aromatic rings. The lowest BCUT2D eigenvalue weighted by molar-refractivity contribution is -0.00327. The number of aliphatic hydroxyl groups is 1. The van der Waals surface area contributed by atoms with E-state index in [1.165, 1.54) is 38.8 Å². The monoisotopic (exact) mass is 339 g/mol. The van der Waals surface area contributed by atoms with Crippen LogP contribution in [0.25, 0.3) is 0 Å². The fourth-order valence-electron chi connectivity index (χ4n) is 4.70. The van der Waals surface area contributed by atoms with Crippen LogP contribution in [0.4, 0.5) is 0 Å². The highest BCUT2D eigenvalue weighted by molar-refractivity contribution is 5.21. The van der Waals surface area contributed by atoms with Crippen molar-refractivity contribution in [2.75, 3.05) is 19.6 Å². The van der Waals surface area contributed by atoms with Crippen LogP contribution in [-0.4, -0.2) is 29.6 Å². The van der Waals surface area contributed by atoms with Crippen LogP contribution in [0.5, 0.6) is 0 Å². The SMILES string of the molecule is O[C@](CCN1CC2CCC(CC2)C1)(Cc1ccccc1)c1ccco1. The maximum Gasteiger partial charge on any atom is 0.135 e. The highest BCUT2D eigenvalue weighted by Crippen LogP contribution is 2.35. The van der Waals surface area contributed by atoms with Gasteiger partial charge in [-0.3, -0.25) is 0 Å². The second-order valence-electron chi connectivity index (χ2n) is 8.07. The molecule has 2 aliphatic heterocycles. The van der Waals surface area contributed by atoms with E-state index < -0.39 is 5.60 Å². The maximum atomic E-state index is 11.5. The van der Waals surface area contributed by atoms with Crippen LogP contribution in [0.3, 0.4) is 0 Å². The molecule has 25 heavy (non-hydrogen) atoms. The van der Waals surface area contributed by atoms with Crippen molar-refractivity contribution in [1.82, 2.24) is 4.90 Å². The van der Waals surface area contributed by atoms with E-state index in [2.05, 4.69) is 17.0 Å². The summed E-state index contributed by atoms with van der Waals surface area (Å²) in [6.07, 6.45) is 8.57. The van der Waals surface area contributed by atoms with Crippen LogP contribution >= 0.6 is 0 Å². The average molecular weight is 339 g/mol. The standard InChI is InChI=1S/C22H29NO2/c24-22(21-7-4-14-25-21,15-18-5-2-1-3-6-18)12-13-23-16-19-8-9-20(17-23)11-10-19/h1-7,14,19-20,24H,8-13,15-17H2/t19?,20?,22-/m1/s1. The molecular formula is C22H29NO2. The van der Waals surface area contributed by atoms with E-state index in [4.69, 9.17) is 4.42 Å². The van der Waals surface area contributed by atoms with Gasteiger partial charge in [0.25, 0.3) is 0 Å². The van der Waals surface area contributed by atoms with Crippen molar-refractivity contribution in [3.8, 4) is 0 Å². The molecule has 1 aliphatic carbocycles. The van der Waals surface area contributed by atoms with Crippen molar-refractivity contribution >= 4 is 0 Å². The molecule has 0 amide bonds. The summed E-state index contributed by atoms with van der Waals surface area (Å²) in [7, 11) is 0. The highest BCUT2D eigenvalue weighted by Gasteiger charge is 2.35. The zero-order valence-corrected chi connectivity index (χ0v) is 14.9. The fraction of sp³-hybridized carbons (Fsp3) is 0.545. The predicted octanol–water partition coefficient (Wildman–Crippen LogP) is 4.22. The minimum Gasteiger partial charge on any atom is -0.466 e. The molecule has 5 rings (SSSR count). The van der Waals surface area contributed by atoms with Crippen molar-refractivity contribution in [3.63, 3.8) is 0 Å². The van der Waals surface area contributed by atoms with Crippen molar-refractivity contribution in [1.29, 1.82) is 0 Å². The summed E-state index contributed by atoms with van der Waals surface area (Å²) in [5.74, 6) is 2.42. The Kier molecular flexibility index (Phi) is 4.96. The van der Waals surface area contributed by atoms with Crippen LogP contribution in [0.2, 0.25) is 0 Å². The van der Waals surface area contributed by atoms with Crippen LogP contribution in [0.15, 0.2) is 53.1 Å². The maximum absolute atomic E-state index is 11.5. The first kappa shape index (κ1) is 16.9. The first-order valence-electron chi connectivity index (χ1n) is 9.74. The first-order valence-corrected chi connectivity index (χ1v) is 9.74. The number of hydrogen-bond acceptors (Lipinski definition) is 3. The van der Waals surface area contributed by atoms with Gasteiger partial charge in [0.15, 0.2) is 0 Å². The first-order chi connectivity index (χ1) is 12.2. The summed E-state index contributed by atoms with van der Waals surface area (Å²) < 4.78 is 5.62. The van der Waals surface area contributed by atoms with Crippen LogP contribution in [-0.2, 0) is 12.0 Å². The molecule has 3 aliphatic rings. The van der Waals surface area contributed by atoms with E-state index in [0.717, 1.165) is 30.4 Å². The molecule has 0 spiro atoms. The number of furan rings is 1. The molecule has 134 valence electrons. The lowest BCUT2D eigenvalue weighted by Crippen LogP contribution is -2.36. The lowest BCUT2D eigenvalue weighted by Gasteiger charge is -2.30. The third-order valence-electron chi connectivity index (χ3n) is 6.16. The van der Waals surface area contributed by atoms with Gasteiger partial charge in [0, 0.05) is 26.1 Å². The van der Waals surface area contributed by atoms with Crippen molar-refractivity contribution in [3.05, 3.63) is 60.1 Å².